The number of anilines is 3. The van der Waals surface area contributed by atoms with E-state index in [0.29, 0.717) is 33.4 Å². The summed E-state index contributed by atoms with van der Waals surface area (Å²) in [6.45, 7) is 0. The maximum absolute atomic E-state index is 11.6. The first-order valence-electron chi connectivity index (χ1n) is 6.73. The van der Waals surface area contributed by atoms with E-state index in [1.807, 2.05) is 0 Å². The summed E-state index contributed by atoms with van der Waals surface area (Å²) >= 11 is 11.9. The zero-order valence-electron chi connectivity index (χ0n) is 11.4. The Morgan fingerprint density at radius 2 is 1.68 bits per heavy atom. The molecule has 3 N–H and O–H groups in total. The van der Waals surface area contributed by atoms with E-state index in [1.54, 1.807) is 30.3 Å². The third kappa shape index (κ3) is 4.22. The van der Waals surface area contributed by atoms with Crippen molar-refractivity contribution in [2.75, 3.05) is 10.6 Å². The van der Waals surface area contributed by atoms with Gasteiger partial charge in [-0.15, -0.1) is 10.2 Å². The minimum absolute atomic E-state index is 0.265. The van der Waals surface area contributed by atoms with Gasteiger partial charge < -0.3 is 10.6 Å². The minimum atomic E-state index is -0.265. The first kappa shape index (κ1) is 14.9. The third-order valence-corrected chi connectivity index (χ3v) is 3.39. The topological polar surface area (TPSA) is 78.9 Å². The van der Waals surface area contributed by atoms with Gasteiger partial charge in [-0.05, 0) is 43.2 Å². The molecule has 2 aromatic rings. The highest BCUT2D eigenvalue weighted by molar-refractivity contribution is 6.35. The van der Waals surface area contributed by atoms with Gasteiger partial charge in [0.05, 0.1) is 0 Å². The number of nitrogens with one attached hydrogen (secondary N) is 3. The highest BCUT2D eigenvalue weighted by Crippen LogP contribution is 2.24. The van der Waals surface area contributed by atoms with Gasteiger partial charge in [-0.2, -0.15) is 0 Å². The van der Waals surface area contributed by atoms with Crippen LogP contribution in [0.25, 0.3) is 0 Å². The number of hydrogen-bond donors (Lipinski definition) is 3. The fraction of sp³-hybridized carbons (Fsp3) is 0.214. The zero-order chi connectivity index (χ0) is 15.5. The summed E-state index contributed by atoms with van der Waals surface area (Å²) in [4.78, 5) is 11.6. The van der Waals surface area contributed by atoms with Crippen molar-refractivity contribution >= 4 is 46.6 Å². The lowest BCUT2D eigenvalue weighted by molar-refractivity contribution is 0.251. The van der Waals surface area contributed by atoms with Crippen molar-refractivity contribution in [2.45, 2.75) is 18.9 Å². The fourth-order valence-electron chi connectivity index (χ4n) is 1.80. The molecule has 0 saturated heterocycles. The Morgan fingerprint density at radius 1 is 1.05 bits per heavy atom. The van der Waals surface area contributed by atoms with Crippen molar-refractivity contribution in [1.82, 2.24) is 15.5 Å². The highest BCUT2D eigenvalue weighted by atomic mass is 35.5. The molecule has 0 bridgehead atoms. The molecule has 0 atom stereocenters. The number of urea groups is 1. The van der Waals surface area contributed by atoms with Crippen molar-refractivity contribution in [3.8, 4) is 0 Å². The van der Waals surface area contributed by atoms with Crippen LogP contribution in [0.5, 0.6) is 0 Å². The summed E-state index contributed by atoms with van der Waals surface area (Å²) in [6, 6.07) is 8.49. The normalized spacial score (nSPS) is 13.5. The summed E-state index contributed by atoms with van der Waals surface area (Å²) in [6.07, 6.45) is 2.06. The molecule has 0 radical (unpaired) electrons. The van der Waals surface area contributed by atoms with Gasteiger partial charge in [0, 0.05) is 21.8 Å². The van der Waals surface area contributed by atoms with Gasteiger partial charge in [-0.25, -0.2) is 4.79 Å². The number of aromatic nitrogens is 2. The van der Waals surface area contributed by atoms with E-state index >= 15 is 0 Å². The van der Waals surface area contributed by atoms with Crippen LogP contribution in [-0.4, -0.2) is 22.3 Å². The van der Waals surface area contributed by atoms with E-state index in [1.165, 1.54) is 0 Å². The molecule has 0 aliphatic heterocycles. The SMILES string of the molecule is O=C(Nc1ccc(Nc2cc(Cl)cc(Cl)c2)nn1)NC1CC1. The quantitative estimate of drug-likeness (QED) is 0.792. The first-order chi connectivity index (χ1) is 10.6. The van der Waals surface area contributed by atoms with E-state index < -0.39 is 0 Å². The van der Waals surface area contributed by atoms with Crippen molar-refractivity contribution in [3.05, 3.63) is 40.4 Å². The van der Waals surface area contributed by atoms with E-state index in [4.69, 9.17) is 23.2 Å². The molecule has 6 nitrogen and oxygen atoms in total. The Morgan fingerprint density at radius 3 is 2.27 bits per heavy atom. The zero-order valence-corrected chi connectivity index (χ0v) is 12.9. The summed E-state index contributed by atoms with van der Waals surface area (Å²) in [5.74, 6) is 0.902. The molecule has 1 fully saturated rings. The molecular formula is C14H13Cl2N5O. The number of halogens is 2. The van der Waals surface area contributed by atoms with Gasteiger partial charge in [0.25, 0.3) is 0 Å². The van der Waals surface area contributed by atoms with Crippen molar-refractivity contribution in [2.24, 2.45) is 0 Å². The molecule has 1 heterocycles. The molecular weight excluding hydrogens is 325 g/mol. The molecule has 1 aromatic carbocycles. The molecule has 114 valence electrons. The van der Waals surface area contributed by atoms with Gasteiger partial charge in [-0.1, -0.05) is 23.2 Å². The van der Waals surface area contributed by atoms with Crippen LogP contribution in [0.15, 0.2) is 30.3 Å². The van der Waals surface area contributed by atoms with Crippen molar-refractivity contribution in [1.29, 1.82) is 0 Å². The average Bonchev–Trinajstić information content (AvgIpc) is 3.23. The molecule has 2 amide bonds. The Hall–Kier alpha value is -2.05. The third-order valence-electron chi connectivity index (χ3n) is 2.95. The predicted octanol–water partition coefficient (Wildman–Crippen LogP) is 3.81. The van der Waals surface area contributed by atoms with E-state index in [-0.39, 0.29) is 6.03 Å². The molecule has 1 aliphatic carbocycles. The van der Waals surface area contributed by atoms with Crippen LogP contribution in [0, 0.1) is 0 Å². The second-order valence-corrected chi connectivity index (χ2v) is 5.83. The molecule has 1 aromatic heterocycles. The number of carbonyl (C=O) groups excluding carboxylic acids is 1. The monoisotopic (exact) mass is 337 g/mol. The molecule has 22 heavy (non-hydrogen) atoms. The first-order valence-corrected chi connectivity index (χ1v) is 7.48. The van der Waals surface area contributed by atoms with Gasteiger partial charge >= 0.3 is 6.03 Å². The Bertz CT molecular complexity index is 668. The van der Waals surface area contributed by atoms with E-state index in [2.05, 4.69) is 26.1 Å². The van der Waals surface area contributed by atoms with Gasteiger partial charge in [0.15, 0.2) is 11.6 Å². The van der Waals surface area contributed by atoms with E-state index in [9.17, 15) is 4.79 Å². The number of hydrogen-bond acceptors (Lipinski definition) is 4. The number of amides is 2. The van der Waals surface area contributed by atoms with E-state index in [0.717, 1.165) is 12.8 Å². The van der Waals surface area contributed by atoms with Crippen molar-refractivity contribution < 1.29 is 4.79 Å². The lowest BCUT2D eigenvalue weighted by Gasteiger charge is -2.08. The van der Waals surface area contributed by atoms with Crippen LogP contribution in [0.3, 0.4) is 0 Å². The van der Waals surface area contributed by atoms with Gasteiger partial charge in [0.1, 0.15) is 0 Å². The molecule has 3 rings (SSSR count). The molecule has 8 heteroatoms. The van der Waals surface area contributed by atoms with Crippen LogP contribution >= 0.6 is 23.2 Å². The maximum Gasteiger partial charge on any atom is 0.320 e. The van der Waals surface area contributed by atoms with Crippen LogP contribution in [-0.2, 0) is 0 Å². The molecule has 1 aliphatic rings. The lowest BCUT2D eigenvalue weighted by atomic mass is 10.3. The Balaban J connectivity index is 1.61. The number of benzene rings is 1. The summed E-state index contributed by atoms with van der Waals surface area (Å²) in [5, 5.41) is 17.5. The summed E-state index contributed by atoms with van der Waals surface area (Å²) in [7, 11) is 0. The second kappa shape index (κ2) is 6.37. The van der Waals surface area contributed by atoms with Crippen LogP contribution in [0.4, 0.5) is 22.1 Å². The van der Waals surface area contributed by atoms with Crippen LogP contribution in [0.2, 0.25) is 10.0 Å². The molecule has 0 unspecified atom stereocenters. The lowest BCUT2D eigenvalue weighted by Crippen LogP contribution is -2.30. The smallest absolute Gasteiger partial charge is 0.320 e. The number of carbonyl (C=O) groups is 1. The van der Waals surface area contributed by atoms with Crippen LogP contribution < -0.4 is 16.0 Å². The Labute approximate surface area is 137 Å². The second-order valence-electron chi connectivity index (χ2n) is 4.96. The van der Waals surface area contributed by atoms with Crippen LogP contribution in [0.1, 0.15) is 12.8 Å². The number of nitrogens with zero attached hydrogens (tertiary/aromatic N) is 2. The minimum Gasteiger partial charge on any atom is -0.339 e. The molecule has 0 spiro atoms. The molecule has 1 saturated carbocycles. The maximum atomic E-state index is 11.6. The highest BCUT2D eigenvalue weighted by Gasteiger charge is 2.23. The number of rotatable bonds is 4. The largest absolute Gasteiger partial charge is 0.339 e. The predicted molar refractivity (Wildman–Crippen MR) is 87.0 cm³/mol. The van der Waals surface area contributed by atoms with Crippen molar-refractivity contribution in [3.63, 3.8) is 0 Å². The summed E-state index contributed by atoms with van der Waals surface area (Å²) < 4.78 is 0. The van der Waals surface area contributed by atoms with Gasteiger partial charge in [-0.3, -0.25) is 5.32 Å². The average molecular weight is 338 g/mol. The Kier molecular flexibility index (Phi) is 4.31. The standard InChI is InChI=1S/C14H13Cl2N5O/c15-8-5-9(16)7-11(6-8)17-12-3-4-13(21-20-12)19-14(22)18-10-1-2-10/h3-7,10H,1-2H2,(H,17,20)(H2,18,19,21,22). The summed E-state index contributed by atoms with van der Waals surface area (Å²) in [5.41, 5.74) is 0.707. The van der Waals surface area contributed by atoms with Gasteiger partial charge in [0.2, 0.25) is 0 Å². The fourth-order valence-corrected chi connectivity index (χ4v) is 2.33.